The maximum absolute atomic E-state index is 6.03. The summed E-state index contributed by atoms with van der Waals surface area (Å²) in [5.41, 5.74) is 1.28. The number of halogens is 1. The van der Waals surface area contributed by atoms with Crippen molar-refractivity contribution in [1.82, 2.24) is 0 Å². The average Bonchev–Trinajstić information content (AvgIpc) is 2.32. The van der Waals surface area contributed by atoms with Gasteiger partial charge in [0.05, 0.1) is 6.10 Å². The largest absolute Gasteiger partial charge is 0.490 e. The van der Waals surface area contributed by atoms with E-state index in [2.05, 4.69) is 47.1 Å². The highest BCUT2D eigenvalue weighted by atomic mass is 79.9. The molecule has 0 unspecified atom stereocenters. The lowest BCUT2D eigenvalue weighted by molar-refractivity contribution is 0.135. The summed E-state index contributed by atoms with van der Waals surface area (Å²) >= 11 is 3.47. The Kier molecular flexibility index (Phi) is 4.28. The Morgan fingerprint density at radius 2 is 2.00 bits per heavy atom. The van der Waals surface area contributed by atoms with Gasteiger partial charge >= 0.3 is 0 Å². The summed E-state index contributed by atoms with van der Waals surface area (Å²) in [5.74, 6) is 1.91. The second-order valence-corrected chi connectivity index (χ2v) is 5.34. The van der Waals surface area contributed by atoms with Gasteiger partial charge < -0.3 is 4.74 Å². The second kappa shape index (κ2) is 5.72. The lowest BCUT2D eigenvalue weighted by atomic mass is 9.89. The second-order valence-electron chi connectivity index (χ2n) is 4.78. The van der Waals surface area contributed by atoms with Crippen LogP contribution in [0.2, 0.25) is 0 Å². The molecule has 0 N–H and O–H groups in total. The Labute approximate surface area is 106 Å². The van der Waals surface area contributed by atoms with E-state index in [9.17, 15) is 0 Å². The highest BCUT2D eigenvalue weighted by molar-refractivity contribution is 9.08. The van der Waals surface area contributed by atoms with Gasteiger partial charge in [-0.25, -0.2) is 0 Å². The summed E-state index contributed by atoms with van der Waals surface area (Å²) in [5, 5.41) is 0.895. The standard InChI is InChI=1S/C14H19BrO/c1-11-5-7-13(8-6-11)16-14-4-2-3-12(9-14)10-15/h2-4,9,11,13H,5-8,10H2,1H3. The molecule has 0 radical (unpaired) electrons. The summed E-state index contributed by atoms with van der Waals surface area (Å²) in [7, 11) is 0. The van der Waals surface area contributed by atoms with E-state index >= 15 is 0 Å². The molecule has 1 aromatic carbocycles. The molecule has 16 heavy (non-hydrogen) atoms. The smallest absolute Gasteiger partial charge is 0.120 e. The first-order valence-electron chi connectivity index (χ1n) is 6.09. The fourth-order valence-electron chi connectivity index (χ4n) is 2.24. The van der Waals surface area contributed by atoms with Crippen molar-refractivity contribution in [3.8, 4) is 5.75 Å². The minimum absolute atomic E-state index is 0.432. The lowest BCUT2D eigenvalue weighted by Gasteiger charge is -2.27. The van der Waals surface area contributed by atoms with Crippen molar-refractivity contribution in [3.63, 3.8) is 0 Å². The average molecular weight is 283 g/mol. The predicted octanol–water partition coefficient (Wildman–Crippen LogP) is 4.54. The van der Waals surface area contributed by atoms with Gasteiger partial charge in [0.2, 0.25) is 0 Å². The van der Waals surface area contributed by atoms with Crippen LogP contribution in [-0.2, 0) is 5.33 Å². The molecule has 1 fully saturated rings. The maximum atomic E-state index is 6.03. The van der Waals surface area contributed by atoms with E-state index in [1.54, 1.807) is 0 Å². The molecule has 0 spiro atoms. The quantitative estimate of drug-likeness (QED) is 0.740. The van der Waals surface area contributed by atoms with Crippen LogP contribution < -0.4 is 4.74 Å². The summed E-state index contributed by atoms with van der Waals surface area (Å²) in [6.07, 6.45) is 5.46. The summed E-state index contributed by atoms with van der Waals surface area (Å²) in [6, 6.07) is 8.37. The fraction of sp³-hybridized carbons (Fsp3) is 0.571. The molecule has 0 bridgehead atoms. The van der Waals surface area contributed by atoms with E-state index in [-0.39, 0.29) is 0 Å². The minimum Gasteiger partial charge on any atom is -0.490 e. The summed E-state index contributed by atoms with van der Waals surface area (Å²) in [4.78, 5) is 0. The van der Waals surface area contributed by atoms with E-state index in [1.807, 2.05) is 0 Å². The van der Waals surface area contributed by atoms with Crippen molar-refractivity contribution in [1.29, 1.82) is 0 Å². The van der Waals surface area contributed by atoms with Gasteiger partial charge in [-0.2, -0.15) is 0 Å². The van der Waals surface area contributed by atoms with Gasteiger partial charge in [-0.1, -0.05) is 35.0 Å². The Morgan fingerprint density at radius 3 is 2.69 bits per heavy atom. The van der Waals surface area contributed by atoms with Gasteiger partial charge in [-0.05, 0) is 49.3 Å². The van der Waals surface area contributed by atoms with E-state index in [0.29, 0.717) is 6.10 Å². The molecule has 0 heterocycles. The summed E-state index contributed by atoms with van der Waals surface area (Å²) in [6.45, 7) is 2.33. The van der Waals surface area contributed by atoms with Gasteiger partial charge in [0.1, 0.15) is 5.75 Å². The zero-order valence-corrected chi connectivity index (χ0v) is 11.4. The molecule has 0 saturated heterocycles. The van der Waals surface area contributed by atoms with Gasteiger partial charge in [-0.3, -0.25) is 0 Å². The van der Waals surface area contributed by atoms with Crippen molar-refractivity contribution >= 4 is 15.9 Å². The molecule has 1 nitrogen and oxygen atoms in total. The minimum atomic E-state index is 0.432. The first kappa shape index (κ1) is 12.0. The Morgan fingerprint density at radius 1 is 1.25 bits per heavy atom. The topological polar surface area (TPSA) is 9.23 Å². The number of hydrogen-bond donors (Lipinski definition) is 0. The highest BCUT2D eigenvalue weighted by Crippen LogP contribution is 2.27. The molecule has 0 aliphatic heterocycles. The third-order valence-corrected chi connectivity index (χ3v) is 3.97. The van der Waals surface area contributed by atoms with Crippen LogP contribution in [0.1, 0.15) is 38.2 Å². The van der Waals surface area contributed by atoms with Gasteiger partial charge in [0, 0.05) is 5.33 Å². The first-order chi connectivity index (χ1) is 7.78. The molecule has 1 aliphatic carbocycles. The lowest BCUT2D eigenvalue weighted by Crippen LogP contribution is -2.23. The van der Waals surface area contributed by atoms with Crippen LogP contribution in [0.3, 0.4) is 0 Å². The van der Waals surface area contributed by atoms with E-state index in [4.69, 9.17) is 4.74 Å². The van der Waals surface area contributed by atoms with Crippen molar-refractivity contribution in [3.05, 3.63) is 29.8 Å². The van der Waals surface area contributed by atoms with Crippen molar-refractivity contribution < 1.29 is 4.74 Å². The molecular weight excluding hydrogens is 264 g/mol. The van der Waals surface area contributed by atoms with Gasteiger partial charge in [0.15, 0.2) is 0 Å². The molecule has 0 aromatic heterocycles. The molecule has 88 valence electrons. The van der Waals surface area contributed by atoms with Gasteiger partial charge in [0.25, 0.3) is 0 Å². The Balaban J connectivity index is 1.93. The molecule has 0 atom stereocenters. The van der Waals surface area contributed by atoms with Crippen LogP contribution >= 0.6 is 15.9 Å². The van der Waals surface area contributed by atoms with Crippen LogP contribution in [0, 0.1) is 5.92 Å². The monoisotopic (exact) mass is 282 g/mol. The highest BCUT2D eigenvalue weighted by Gasteiger charge is 2.19. The third kappa shape index (κ3) is 3.24. The van der Waals surface area contributed by atoms with Crippen molar-refractivity contribution in [2.75, 3.05) is 0 Å². The summed E-state index contributed by atoms with van der Waals surface area (Å²) < 4.78 is 6.03. The molecule has 1 aliphatic rings. The van der Waals surface area contributed by atoms with E-state index in [1.165, 1.54) is 31.2 Å². The maximum Gasteiger partial charge on any atom is 0.120 e. The number of hydrogen-bond acceptors (Lipinski definition) is 1. The van der Waals surface area contributed by atoms with Crippen LogP contribution in [-0.4, -0.2) is 6.10 Å². The number of alkyl halides is 1. The first-order valence-corrected chi connectivity index (χ1v) is 7.21. The molecular formula is C14H19BrO. The molecule has 0 amide bonds. The van der Waals surface area contributed by atoms with Crippen LogP contribution in [0.5, 0.6) is 5.75 Å². The van der Waals surface area contributed by atoms with E-state index < -0.39 is 0 Å². The molecule has 1 aromatic rings. The van der Waals surface area contributed by atoms with Crippen LogP contribution in [0.4, 0.5) is 0 Å². The van der Waals surface area contributed by atoms with Crippen LogP contribution in [0.15, 0.2) is 24.3 Å². The number of rotatable bonds is 3. The van der Waals surface area contributed by atoms with Crippen molar-refractivity contribution in [2.24, 2.45) is 5.92 Å². The molecule has 2 heteroatoms. The number of benzene rings is 1. The Bertz CT molecular complexity index is 329. The normalized spacial score (nSPS) is 25.4. The van der Waals surface area contributed by atoms with Gasteiger partial charge in [-0.15, -0.1) is 0 Å². The third-order valence-electron chi connectivity index (χ3n) is 3.32. The van der Waals surface area contributed by atoms with Crippen molar-refractivity contribution in [2.45, 2.75) is 44.0 Å². The number of ether oxygens (including phenoxy) is 1. The van der Waals surface area contributed by atoms with E-state index in [0.717, 1.165) is 17.0 Å². The van der Waals surface area contributed by atoms with Crippen LogP contribution in [0.25, 0.3) is 0 Å². The molecule has 2 rings (SSSR count). The zero-order valence-electron chi connectivity index (χ0n) is 9.79. The fourth-order valence-corrected chi connectivity index (χ4v) is 2.59. The molecule has 1 saturated carbocycles. The predicted molar refractivity (Wildman–Crippen MR) is 71.1 cm³/mol. The Hall–Kier alpha value is -0.500. The SMILES string of the molecule is CC1CCC(Oc2cccc(CBr)c2)CC1. The zero-order chi connectivity index (χ0) is 11.4.